The molecule has 2 aromatic carbocycles. The van der Waals surface area contributed by atoms with Crippen molar-refractivity contribution in [3.8, 4) is 16.9 Å². The van der Waals surface area contributed by atoms with Crippen molar-refractivity contribution >= 4 is 34.8 Å². The molecule has 3 aromatic rings. The molecule has 1 atom stereocenters. The zero-order valence-corrected chi connectivity index (χ0v) is 22.7. The standard InChI is InChI=1S/C28H28ClF2N5O4/c1-17(2)36-24(27(38)35-7-9-39-10-8-35)13-18-11-19(12-23(25(18)36)20-14-32-16-33-15-20)26(37)34-21-3-5-22(6-4-21)40-28(29,30)31/h3-6,11-12,14-17,24H,7-10,13H2,1-2H3,(H,34,37). The number of benzene rings is 2. The Kier molecular flexibility index (Phi) is 7.86. The normalized spacial score (nSPS) is 17.1. The van der Waals surface area contributed by atoms with Crippen LogP contribution in [-0.2, 0) is 16.0 Å². The first-order chi connectivity index (χ1) is 19.1. The molecule has 0 saturated carbocycles. The molecule has 2 amide bonds. The van der Waals surface area contributed by atoms with Crippen molar-refractivity contribution in [3.05, 3.63) is 66.2 Å². The number of amides is 2. The summed E-state index contributed by atoms with van der Waals surface area (Å²) in [5, 5.41) is 2.79. The van der Waals surface area contributed by atoms with Crippen molar-refractivity contribution in [1.82, 2.24) is 14.9 Å². The maximum Gasteiger partial charge on any atom is 0.487 e. The fourth-order valence-electron chi connectivity index (χ4n) is 5.17. The van der Waals surface area contributed by atoms with E-state index >= 15 is 0 Å². The van der Waals surface area contributed by atoms with Crippen LogP contribution in [0.4, 0.5) is 20.2 Å². The maximum absolute atomic E-state index is 13.7. The van der Waals surface area contributed by atoms with E-state index in [2.05, 4.69) is 24.9 Å². The molecule has 0 aliphatic carbocycles. The van der Waals surface area contributed by atoms with Crippen molar-refractivity contribution in [1.29, 1.82) is 0 Å². The smallest absolute Gasteiger partial charge is 0.420 e. The fraction of sp³-hybridized carbons (Fsp3) is 0.357. The third-order valence-corrected chi connectivity index (χ3v) is 6.92. The molecule has 1 unspecified atom stereocenters. The third kappa shape index (κ3) is 6.00. The van der Waals surface area contributed by atoms with Gasteiger partial charge in [-0.15, -0.1) is 8.78 Å². The Morgan fingerprint density at radius 2 is 1.80 bits per heavy atom. The number of halogens is 3. The largest absolute Gasteiger partial charge is 0.487 e. The molecule has 0 radical (unpaired) electrons. The van der Waals surface area contributed by atoms with Crippen molar-refractivity contribution in [2.24, 2.45) is 0 Å². The van der Waals surface area contributed by atoms with Crippen LogP contribution in [0.25, 0.3) is 11.1 Å². The van der Waals surface area contributed by atoms with E-state index in [-0.39, 0.29) is 17.7 Å². The van der Waals surface area contributed by atoms with Crippen LogP contribution < -0.4 is 15.0 Å². The summed E-state index contributed by atoms with van der Waals surface area (Å²) in [6.07, 6.45) is 5.21. The zero-order valence-electron chi connectivity index (χ0n) is 21.9. The van der Waals surface area contributed by atoms with Gasteiger partial charge in [-0.1, -0.05) is 0 Å². The zero-order chi connectivity index (χ0) is 28.4. The minimum Gasteiger partial charge on any atom is -0.420 e. The summed E-state index contributed by atoms with van der Waals surface area (Å²) in [6, 6.07) is 8.57. The number of morpholine rings is 1. The van der Waals surface area contributed by atoms with Gasteiger partial charge in [-0.2, -0.15) is 0 Å². The molecule has 12 heteroatoms. The van der Waals surface area contributed by atoms with E-state index in [1.807, 2.05) is 18.7 Å². The van der Waals surface area contributed by atoms with Gasteiger partial charge < -0.3 is 24.6 Å². The van der Waals surface area contributed by atoms with Crippen molar-refractivity contribution in [3.63, 3.8) is 0 Å². The Morgan fingerprint density at radius 3 is 2.42 bits per heavy atom. The number of rotatable bonds is 7. The van der Waals surface area contributed by atoms with Gasteiger partial charge in [0.15, 0.2) is 0 Å². The average Bonchev–Trinajstić information content (AvgIpc) is 3.33. The number of ether oxygens (including phenoxy) is 2. The van der Waals surface area contributed by atoms with E-state index in [4.69, 9.17) is 16.3 Å². The fourth-order valence-corrected chi connectivity index (χ4v) is 5.26. The Balaban J connectivity index is 1.48. The first-order valence-corrected chi connectivity index (χ1v) is 13.2. The summed E-state index contributed by atoms with van der Waals surface area (Å²) in [7, 11) is 0. The number of hydrogen-bond acceptors (Lipinski definition) is 7. The summed E-state index contributed by atoms with van der Waals surface area (Å²) in [6.45, 7) is 6.16. The van der Waals surface area contributed by atoms with Crippen LogP contribution in [0.2, 0.25) is 0 Å². The summed E-state index contributed by atoms with van der Waals surface area (Å²) in [5.41, 5.74) is 0.0936. The number of anilines is 2. The Hall–Kier alpha value is -3.83. The lowest BCUT2D eigenvalue weighted by molar-refractivity contribution is -0.136. The molecule has 1 fully saturated rings. The number of carbonyl (C=O) groups excluding carboxylic acids is 2. The summed E-state index contributed by atoms with van der Waals surface area (Å²) in [4.78, 5) is 39.3. The summed E-state index contributed by atoms with van der Waals surface area (Å²) in [5.74, 6) is -0.526. The number of nitrogens with one attached hydrogen (secondary N) is 1. The number of fused-ring (bicyclic) bond motifs is 1. The highest BCUT2D eigenvalue weighted by Gasteiger charge is 2.40. The van der Waals surface area contributed by atoms with Gasteiger partial charge in [0.2, 0.25) is 5.91 Å². The van der Waals surface area contributed by atoms with Crippen LogP contribution in [-0.4, -0.2) is 70.6 Å². The van der Waals surface area contributed by atoms with Crippen LogP contribution in [0.5, 0.6) is 5.75 Å². The molecular weight excluding hydrogens is 544 g/mol. The first-order valence-electron chi connectivity index (χ1n) is 12.8. The van der Waals surface area contributed by atoms with Gasteiger partial charge >= 0.3 is 5.57 Å². The van der Waals surface area contributed by atoms with Gasteiger partial charge in [-0.3, -0.25) is 9.59 Å². The van der Waals surface area contributed by atoms with Gasteiger partial charge in [0.05, 0.1) is 13.2 Å². The van der Waals surface area contributed by atoms with Crippen LogP contribution in [0, 0.1) is 0 Å². The molecule has 210 valence electrons. The Bertz CT molecular complexity index is 1380. The second-order valence-corrected chi connectivity index (χ2v) is 10.3. The predicted octanol–water partition coefficient (Wildman–Crippen LogP) is 4.56. The first kappa shape index (κ1) is 27.7. The molecule has 0 bridgehead atoms. The highest BCUT2D eigenvalue weighted by molar-refractivity contribution is 6.20. The molecule has 2 aliphatic heterocycles. The average molecular weight is 572 g/mol. The van der Waals surface area contributed by atoms with E-state index in [0.717, 1.165) is 16.8 Å². The summed E-state index contributed by atoms with van der Waals surface area (Å²) < 4.78 is 35.6. The number of nitrogens with zero attached hydrogens (tertiary/aromatic N) is 4. The van der Waals surface area contributed by atoms with Gasteiger partial charge in [-0.05, 0) is 55.8 Å². The van der Waals surface area contributed by atoms with E-state index < -0.39 is 17.5 Å². The third-order valence-electron chi connectivity index (χ3n) is 6.84. The molecule has 1 aromatic heterocycles. The lowest BCUT2D eigenvalue weighted by Crippen LogP contribution is -2.52. The molecule has 9 nitrogen and oxygen atoms in total. The molecule has 40 heavy (non-hydrogen) atoms. The van der Waals surface area contributed by atoms with E-state index in [1.165, 1.54) is 30.6 Å². The molecule has 5 rings (SSSR count). The lowest BCUT2D eigenvalue weighted by Gasteiger charge is -2.36. The van der Waals surface area contributed by atoms with E-state index in [0.29, 0.717) is 49.5 Å². The second-order valence-electron chi connectivity index (χ2n) is 9.84. The number of carbonyl (C=O) groups is 2. The van der Waals surface area contributed by atoms with Crippen molar-refractivity contribution < 1.29 is 27.8 Å². The minimum atomic E-state index is -3.84. The minimum absolute atomic E-state index is 0.000367. The number of alkyl halides is 3. The van der Waals surface area contributed by atoms with Crippen molar-refractivity contribution in [2.75, 3.05) is 36.5 Å². The SMILES string of the molecule is CC(C)N1c2c(cc(C(=O)Nc3ccc(OC(F)(F)Cl)cc3)cc2-c2cncnc2)CC1C(=O)N1CCOCC1. The molecule has 1 saturated heterocycles. The number of aromatic nitrogens is 2. The van der Waals surface area contributed by atoms with Gasteiger partial charge in [0.25, 0.3) is 5.91 Å². The Labute approximate surface area is 235 Å². The molecule has 3 heterocycles. The monoisotopic (exact) mass is 571 g/mol. The molecular formula is C28H28ClF2N5O4. The van der Waals surface area contributed by atoms with Crippen LogP contribution in [0.1, 0.15) is 29.8 Å². The maximum atomic E-state index is 13.7. The van der Waals surface area contributed by atoms with Gasteiger partial charge in [0, 0.05) is 77.6 Å². The van der Waals surface area contributed by atoms with Crippen LogP contribution in [0.3, 0.4) is 0 Å². The topological polar surface area (TPSA) is 96.9 Å². The quantitative estimate of drug-likeness (QED) is 0.415. The highest BCUT2D eigenvalue weighted by Crippen LogP contribution is 2.43. The van der Waals surface area contributed by atoms with Crippen LogP contribution >= 0.6 is 11.6 Å². The predicted molar refractivity (Wildman–Crippen MR) is 146 cm³/mol. The van der Waals surface area contributed by atoms with Crippen LogP contribution in [0.15, 0.2) is 55.1 Å². The second kappa shape index (κ2) is 11.3. The van der Waals surface area contributed by atoms with E-state index in [9.17, 15) is 18.4 Å². The van der Waals surface area contributed by atoms with Crippen molar-refractivity contribution in [2.45, 2.75) is 37.9 Å². The Morgan fingerprint density at radius 1 is 1.12 bits per heavy atom. The molecule has 0 spiro atoms. The summed E-state index contributed by atoms with van der Waals surface area (Å²) >= 11 is 4.82. The molecule has 1 N–H and O–H groups in total. The molecule has 2 aliphatic rings. The highest BCUT2D eigenvalue weighted by atomic mass is 35.5. The lowest BCUT2D eigenvalue weighted by atomic mass is 9.97. The van der Waals surface area contributed by atoms with Gasteiger partial charge in [-0.25, -0.2) is 9.97 Å². The van der Waals surface area contributed by atoms with E-state index in [1.54, 1.807) is 24.5 Å². The van der Waals surface area contributed by atoms with Gasteiger partial charge in [0.1, 0.15) is 18.1 Å². The number of hydrogen-bond donors (Lipinski definition) is 1.